The molecule has 2 unspecified atom stereocenters. The first-order valence-electron chi connectivity index (χ1n) is 5.98. The molecular formula is C11H20N2O4. The molecule has 0 bridgehead atoms. The zero-order chi connectivity index (χ0) is 12.8. The minimum Gasteiger partial charge on any atom is -0.479 e. The van der Waals surface area contributed by atoms with Crippen molar-refractivity contribution in [2.45, 2.75) is 32.3 Å². The van der Waals surface area contributed by atoms with Crippen LogP contribution in [0.5, 0.6) is 0 Å². The van der Waals surface area contributed by atoms with Gasteiger partial charge in [-0.05, 0) is 18.8 Å². The van der Waals surface area contributed by atoms with Gasteiger partial charge in [-0.3, -0.25) is 0 Å². The van der Waals surface area contributed by atoms with E-state index in [0.29, 0.717) is 19.0 Å². The van der Waals surface area contributed by atoms with Crippen molar-refractivity contribution in [1.29, 1.82) is 0 Å². The normalized spacial score (nSPS) is 22.0. The molecule has 0 saturated carbocycles. The Bertz CT molecular complexity index is 283. The van der Waals surface area contributed by atoms with E-state index in [0.717, 1.165) is 19.3 Å². The molecule has 3 N–H and O–H groups in total. The average Bonchev–Trinajstić information content (AvgIpc) is 2.35. The summed E-state index contributed by atoms with van der Waals surface area (Å²) in [5, 5.41) is 19.9. The van der Waals surface area contributed by atoms with Gasteiger partial charge in [-0.2, -0.15) is 0 Å². The molecule has 1 heterocycles. The maximum absolute atomic E-state index is 11.7. The number of amides is 2. The van der Waals surface area contributed by atoms with E-state index in [1.165, 1.54) is 0 Å². The molecule has 1 aliphatic heterocycles. The number of urea groups is 1. The highest BCUT2D eigenvalue weighted by Crippen LogP contribution is 2.18. The smallest absolute Gasteiger partial charge is 0.334 e. The fourth-order valence-electron chi connectivity index (χ4n) is 1.97. The van der Waals surface area contributed by atoms with Gasteiger partial charge in [-0.1, -0.05) is 13.3 Å². The van der Waals surface area contributed by atoms with E-state index in [2.05, 4.69) is 12.2 Å². The average molecular weight is 244 g/mol. The lowest BCUT2D eigenvalue weighted by Gasteiger charge is -2.32. The predicted molar refractivity (Wildman–Crippen MR) is 61.6 cm³/mol. The SMILES string of the molecule is CCC1CCCN(C(=O)NCC(O)C(=O)O)C1. The number of rotatable bonds is 4. The number of aliphatic carboxylic acids is 1. The van der Waals surface area contributed by atoms with E-state index in [9.17, 15) is 9.59 Å². The molecule has 1 fully saturated rings. The topological polar surface area (TPSA) is 89.9 Å². The van der Waals surface area contributed by atoms with E-state index in [4.69, 9.17) is 10.2 Å². The highest BCUT2D eigenvalue weighted by atomic mass is 16.4. The summed E-state index contributed by atoms with van der Waals surface area (Å²) in [5.41, 5.74) is 0. The zero-order valence-electron chi connectivity index (χ0n) is 10.1. The van der Waals surface area contributed by atoms with Crippen molar-refractivity contribution in [3.8, 4) is 0 Å². The third-order valence-electron chi connectivity index (χ3n) is 3.12. The Kier molecular flexibility index (Phi) is 5.21. The molecule has 98 valence electrons. The van der Waals surface area contributed by atoms with Gasteiger partial charge < -0.3 is 20.4 Å². The second kappa shape index (κ2) is 6.44. The van der Waals surface area contributed by atoms with Crippen LogP contribution >= 0.6 is 0 Å². The van der Waals surface area contributed by atoms with Gasteiger partial charge in [0.05, 0.1) is 6.54 Å². The molecule has 6 heteroatoms. The minimum atomic E-state index is -1.54. The van der Waals surface area contributed by atoms with Crippen molar-refractivity contribution in [2.75, 3.05) is 19.6 Å². The number of nitrogens with zero attached hydrogens (tertiary/aromatic N) is 1. The van der Waals surface area contributed by atoms with E-state index >= 15 is 0 Å². The molecule has 1 aliphatic rings. The highest BCUT2D eigenvalue weighted by molar-refractivity contribution is 5.76. The minimum absolute atomic E-state index is 0.249. The van der Waals surface area contributed by atoms with Crippen molar-refractivity contribution in [3.63, 3.8) is 0 Å². The van der Waals surface area contributed by atoms with Crippen LogP contribution in [-0.4, -0.2) is 52.9 Å². The molecule has 0 radical (unpaired) electrons. The van der Waals surface area contributed by atoms with Gasteiger partial charge >= 0.3 is 12.0 Å². The first kappa shape index (κ1) is 13.8. The predicted octanol–water partition coefficient (Wildman–Crippen LogP) is 0.263. The number of carboxylic acids is 1. The molecule has 1 rings (SSSR count). The van der Waals surface area contributed by atoms with Crippen molar-refractivity contribution >= 4 is 12.0 Å². The lowest BCUT2D eigenvalue weighted by atomic mass is 9.96. The number of aliphatic hydroxyl groups excluding tert-OH is 1. The van der Waals surface area contributed by atoms with Gasteiger partial charge in [0.2, 0.25) is 0 Å². The molecule has 1 saturated heterocycles. The van der Waals surface area contributed by atoms with E-state index in [-0.39, 0.29) is 12.6 Å². The third kappa shape index (κ3) is 4.22. The Labute approximate surface area is 101 Å². The van der Waals surface area contributed by atoms with Gasteiger partial charge in [-0.15, -0.1) is 0 Å². The summed E-state index contributed by atoms with van der Waals surface area (Å²) in [6.07, 6.45) is 1.62. The first-order valence-corrected chi connectivity index (χ1v) is 5.98. The molecular weight excluding hydrogens is 224 g/mol. The van der Waals surface area contributed by atoms with Crippen molar-refractivity contribution in [2.24, 2.45) is 5.92 Å². The second-order valence-corrected chi connectivity index (χ2v) is 4.40. The number of carbonyl (C=O) groups excluding carboxylic acids is 1. The van der Waals surface area contributed by atoms with Crippen LogP contribution in [0.3, 0.4) is 0 Å². The van der Waals surface area contributed by atoms with Gasteiger partial charge in [0, 0.05) is 13.1 Å². The molecule has 2 atom stereocenters. The van der Waals surface area contributed by atoms with Gasteiger partial charge in [-0.25, -0.2) is 9.59 Å². The largest absolute Gasteiger partial charge is 0.479 e. The fraction of sp³-hybridized carbons (Fsp3) is 0.818. The quantitative estimate of drug-likeness (QED) is 0.662. The molecule has 0 aromatic heterocycles. The molecule has 0 spiro atoms. The van der Waals surface area contributed by atoms with Crippen molar-refractivity contribution < 1.29 is 19.8 Å². The maximum Gasteiger partial charge on any atom is 0.334 e. The van der Waals surface area contributed by atoms with E-state index in [1.807, 2.05) is 0 Å². The van der Waals surface area contributed by atoms with Gasteiger partial charge in [0.15, 0.2) is 6.10 Å². The number of hydrogen-bond acceptors (Lipinski definition) is 3. The summed E-state index contributed by atoms with van der Waals surface area (Å²) >= 11 is 0. The summed E-state index contributed by atoms with van der Waals surface area (Å²) in [4.78, 5) is 23.8. The Morgan fingerprint density at radius 3 is 2.82 bits per heavy atom. The van der Waals surface area contributed by atoms with Crippen LogP contribution < -0.4 is 5.32 Å². The zero-order valence-corrected chi connectivity index (χ0v) is 10.1. The number of nitrogens with one attached hydrogen (secondary N) is 1. The summed E-state index contributed by atoms with van der Waals surface area (Å²) in [7, 11) is 0. The molecule has 17 heavy (non-hydrogen) atoms. The third-order valence-corrected chi connectivity index (χ3v) is 3.12. The summed E-state index contributed by atoms with van der Waals surface area (Å²) < 4.78 is 0. The number of carbonyl (C=O) groups is 2. The van der Waals surface area contributed by atoms with E-state index < -0.39 is 12.1 Å². The highest BCUT2D eigenvalue weighted by Gasteiger charge is 2.23. The van der Waals surface area contributed by atoms with Crippen molar-refractivity contribution in [3.05, 3.63) is 0 Å². The number of carboxylic acid groups (broad SMARTS) is 1. The molecule has 0 aromatic carbocycles. The summed E-state index contributed by atoms with van der Waals surface area (Å²) in [5.74, 6) is -0.797. The van der Waals surface area contributed by atoms with Crippen LogP contribution in [-0.2, 0) is 4.79 Å². The van der Waals surface area contributed by atoms with Crippen LogP contribution in [0.25, 0.3) is 0 Å². The van der Waals surface area contributed by atoms with Crippen LogP contribution in [0.2, 0.25) is 0 Å². The molecule has 2 amide bonds. The van der Waals surface area contributed by atoms with Gasteiger partial charge in [0.1, 0.15) is 0 Å². The van der Waals surface area contributed by atoms with Crippen LogP contribution in [0.15, 0.2) is 0 Å². The molecule has 0 aliphatic carbocycles. The Morgan fingerprint density at radius 2 is 2.24 bits per heavy atom. The maximum atomic E-state index is 11.7. The Balaban J connectivity index is 2.34. The number of likely N-dealkylation sites (tertiary alicyclic amines) is 1. The fourth-order valence-corrected chi connectivity index (χ4v) is 1.97. The van der Waals surface area contributed by atoms with Crippen LogP contribution in [0.4, 0.5) is 4.79 Å². The Hall–Kier alpha value is -1.30. The van der Waals surface area contributed by atoms with Gasteiger partial charge in [0.25, 0.3) is 0 Å². The summed E-state index contributed by atoms with van der Waals surface area (Å²) in [6.45, 7) is 3.26. The number of piperidine rings is 1. The lowest BCUT2D eigenvalue weighted by molar-refractivity contribution is -0.146. The number of hydrogen-bond donors (Lipinski definition) is 3. The number of aliphatic hydroxyl groups is 1. The second-order valence-electron chi connectivity index (χ2n) is 4.40. The Morgan fingerprint density at radius 1 is 1.53 bits per heavy atom. The van der Waals surface area contributed by atoms with Crippen LogP contribution in [0, 0.1) is 5.92 Å². The monoisotopic (exact) mass is 244 g/mol. The van der Waals surface area contributed by atoms with Crippen LogP contribution in [0.1, 0.15) is 26.2 Å². The molecule has 0 aromatic rings. The van der Waals surface area contributed by atoms with E-state index in [1.54, 1.807) is 4.90 Å². The summed E-state index contributed by atoms with van der Waals surface area (Å²) in [6, 6.07) is -0.288. The standard InChI is InChI=1S/C11H20N2O4/c1-2-8-4-3-5-13(7-8)11(17)12-6-9(14)10(15)16/h8-9,14H,2-7H2,1H3,(H,12,17)(H,15,16). The first-order chi connectivity index (χ1) is 8.04. The lowest BCUT2D eigenvalue weighted by Crippen LogP contribution is -2.48. The molecule has 6 nitrogen and oxygen atoms in total. The van der Waals surface area contributed by atoms with Crippen molar-refractivity contribution in [1.82, 2.24) is 10.2 Å².